The van der Waals surface area contributed by atoms with Crippen molar-refractivity contribution in [3.8, 4) is 0 Å². The maximum absolute atomic E-state index is 12.7. The number of carbonyl (C=O) groups is 1. The molecule has 0 saturated carbocycles. The molecule has 1 aliphatic heterocycles. The lowest BCUT2D eigenvalue weighted by molar-refractivity contribution is -0.130. The molecule has 0 radical (unpaired) electrons. The highest BCUT2D eigenvalue weighted by atomic mass is 16.5. The molecule has 0 N–H and O–H groups in total. The molecule has 0 atom stereocenters. The summed E-state index contributed by atoms with van der Waals surface area (Å²) in [5.41, 5.74) is 3.91. The summed E-state index contributed by atoms with van der Waals surface area (Å²) in [4.78, 5) is 16.8. The number of fused-ring (bicyclic) bond motifs is 2. The van der Waals surface area contributed by atoms with E-state index in [-0.39, 0.29) is 12.3 Å². The number of rotatable bonds is 3. The van der Waals surface area contributed by atoms with Crippen LogP contribution in [0.25, 0.3) is 11.0 Å². The molecule has 1 saturated heterocycles. The second-order valence-corrected chi connectivity index (χ2v) is 7.20. The summed E-state index contributed by atoms with van der Waals surface area (Å²) in [6, 6.07) is 9.82. The molecule has 1 amide bonds. The number of carbonyl (C=O) groups excluding carboxylic acids is 1. The van der Waals surface area contributed by atoms with Crippen LogP contribution in [0.3, 0.4) is 0 Å². The molecule has 7 heteroatoms. The number of nitrogens with zero attached hydrogens (tertiary/aromatic N) is 5. The third-order valence-electron chi connectivity index (χ3n) is 5.53. The van der Waals surface area contributed by atoms with Gasteiger partial charge in [-0.1, -0.05) is 17.3 Å². The van der Waals surface area contributed by atoms with Gasteiger partial charge in [0.25, 0.3) is 0 Å². The molecule has 3 heterocycles. The fraction of sp³-hybridized carbons (Fsp3) is 0.400. The van der Waals surface area contributed by atoms with Crippen LogP contribution in [0.15, 0.2) is 34.9 Å². The SMILES string of the molecule is O=C(Cc1noc2ccccc12)N1CCN(c2cc3c(nn2)CCC3)CC1. The molecule has 138 valence electrons. The molecule has 27 heavy (non-hydrogen) atoms. The van der Waals surface area contributed by atoms with E-state index in [9.17, 15) is 4.79 Å². The zero-order chi connectivity index (χ0) is 18.2. The van der Waals surface area contributed by atoms with Gasteiger partial charge in [0.05, 0.1) is 12.1 Å². The highest BCUT2D eigenvalue weighted by molar-refractivity contribution is 5.86. The fourth-order valence-electron chi connectivity index (χ4n) is 3.98. The van der Waals surface area contributed by atoms with Crippen molar-refractivity contribution in [1.29, 1.82) is 0 Å². The topological polar surface area (TPSA) is 75.4 Å². The van der Waals surface area contributed by atoms with Crippen molar-refractivity contribution in [3.05, 3.63) is 47.3 Å². The molecular formula is C20H21N5O2. The number of hydrogen-bond acceptors (Lipinski definition) is 6. The van der Waals surface area contributed by atoms with Crippen LogP contribution in [-0.2, 0) is 24.1 Å². The molecule has 2 aromatic heterocycles. The molecule has 7 nitrogen and oxygen atoms in total. The van der Waals surface area contributed by atoms with Crippen molar-refractivity contribution in [2.75, 3.05) is 31.1 Å². The van der Waals surface area contributed by atoms with E-state index in [1.807, 2.05) is 29.2 Å². The highest BCUT2D eigenvalue weighted by Crippen LogP contribution is 2.24. The summed E-state index contributed by atoms with van der Waals surface area (Å²) in [6.45, 7) is 2.93. The lowest BCUT2D eigenvalue weighted by Gasteiger charge is -2.35. The first kappa shape index (κ1) is 16.2. The average molecular weight is 363 g/mol. The van der Waals surface area contributed by atoms with Crippen molar-refractivity contribution in [2.24, 2.45) is 0 Å². The van der Waals surface area contributed by atoms with E-state index in [0.29, 0.717) is 18.8 Å². The molecule has 1 aromatic carbocycles. The van der Waals surface area contributed by atoms with Gasteiger partial charge in [-0.15, -0.1) is 5.10 Å². The smallest absolute Gasteiger partial charge is 0.228 e. The number of amides is 1. The third-order valence-corrected chi connectivity index (χ3v) is 5.53. The summed E-state index contributed by atoms with van der Waals surface area (Å²) < 4.78 is 5.30. The van der Waals surface area contributed by atoms with Crippen LogP contribution in [0.1, 0.15) is 23.4 Å². The van der Waals surface area contributed by atoms with Crippen molar-refractivity contribution in [3.63, 3.8) is 0 Å². The number of benzene rings is 1. The summed E-state index contributed by atoms with van der Waals surface area (Å²) in [7, 11) is 0. The summed E-state index contributed by atoms with van der Waals surface area (Å²) in [5, 5.41) is 13.8. The van der Waals surface area contributed by atoms with Gasteiger partial charge in [-0.3, -0.25) is 4.79 Å². The predicted octanol–water partition coefficient (Wildman–Crippen LogP) is 2.00. The number of piperazine rings is 1. The molecule has 1 fully saturated rings. The van der Waals surface area contributed by atoms with E-state index < -0.39 is 0 Å². The molecule has 0 spiro atoms. The fourth-order valence-corrected chi connectivity index (χ4v) is 3.98. The van der Waals surface area contributed by atoms with Crippen LogP contribution >= 0.6 is 0 Å². The van der Waals surface area contributed by atoms with Crippen molar-refractivity contribution in [2.45, 2.75) is 25.7 Å². The van der Waals surface area contributed by atoms with Gasteiger partial charge >= 0.3 is 0 Å². The third kappa shape index (κ3) is 3.03. The molecule has 3 aromatic rings. The predicted molar refractivity (Wildman–Crippen MR) is 101 cm³/mol. The van der Waals surface area contributed by atoms with Gasteiger partial charge in [-0.2, -0.15) is 5.10 Å². The average Bonchev–Trinajstić information content (AvgIpc) is 3.35. The van der Waals surface area contributed by atoms with Crippen LogP contribution < -0.4 is 4.90 Å². The molecule has 0 bridgehead atoms. The largest absolute Gasteiger partial charge is 0.356 e. The number of hydrogen-bond donors (Lipinski definition) is 0. The minimum atomic E-state index is 0.0914. The summed E-state index contributed by atoms with van der Waals surface area (Å²) >= 11 is 0. The zero-order valence-corrected chi connectivity index (χ0v) is 15.1. The maximum atomic E-state index is 12.7. The van der Waals surface area contributed by atoms with Crippen LogP contribution in [0, 0.1) is 0 Å². The lowest BCUT2D eigenvalue weighted by Crippen LogP contribution is -2.49. The van der Waals surface area contributed by atoms with Crippen LogP contribution in [0.4, 0.5) is 5.82 Å². The van der Waals surface area contributed by atoms with Gasteiger partial charge in [0.1, 0.15) is 5.69 Å². The van der Waals surface area contributed by atoms with E-state index in [1.54, 1.807) is 0 Å². The summed E-state index contributed by atoms with van der Waals surface area (Å²) in [5.74, 6) is 1.03. The lowest BCUT2D eigenvalue weighted by atomic mass is 10.1. The van der Waals surface area contributed by atoms with Gasteiger partial charge in [0.15, 0.2) is 11.4 Å². The second-order valence-electron chi connectivity index (χ2n) is 7.20. The van der Waals surface area contributed by atoms with E-state index in [2.05, 4.69) is 26.3 Å². The van der Waals surface area contributed by atoms with Crippen molar-refractivity contribution in [1.82, 2.24) is 20.3 Å². The molecule has 1 aliphatic carbocycles. The number of aryl methyl sites for hydroxylation is 2. The monoisotopic (exact) mass is 363 g/mol. The van der Waals surface area contributed by atoms with E-state index >= 15 is 0 Å². The van der Waals surface area contributed by atoms with Gasteiger partial charge in [0.2, 0.25) is 5.91 Å². The van der Waals surface area contributed by atoms with Gasteiger partial charge in [-0.05, 0) is 43.0 Å². The van der Waals surface area contributed by atoms with Gasteiger partial charge in [0, 0.05) is 31.6 Å². The standard InChI is InChI=1S/C20H21N5O2/c26-20(13-17-15-5-1-2-7-18(15)27-23-17)25-10-8-24(9-11-25)19-12-14-4-3-6-16(14)21-22-19/h1-2,5,7,12H,3-4,6,8-11,13H2. The van der Waals surface area contributed by atoms with Crippen LogP contribution in [0.2, 0.25) is 0 Å². The Kier molecular flexibility index (Phi) is 3.99. The molecule has 2 aliphatic rings. The van der Waals surface area contributed by atoms with E-state index in [4.69, 9.17) is 4.52 Å². The molecular weight excluding hydrogens is 342 g/mol. The minimum absolute atomic E-state index is 0.0914. The van der Waals surface area contributed by atoms with Crippen LogP contribution in [-0.4, -0.2) is 52.3 Å². The Morgan fingerprint density at radius 3 is 2.81 bits per heavy atom. The first-order valence-electron chi connectivity index (χ1n) is 9.49. The Labute approximate surface area is 156 Å². The zero-order valence-electron chi connectivity index (χ0n) is 15.1. The Balaban J connectivity index is 1.23. The first-order valence-corrected chi connectivity index (χ1v) is 9.49. The Bertz CT molecular complexity index is 991. The Morgan fingerprint density at radius 2 is 1.93 bits per heavy atom. The number of aromatic nitrogens is 3. The number of anilines is 1. The normalized spacial score (nSPS) is 16.7. The van der Waals surface area contributed by atoms with Crippen LogP contribution in [0.5, 0.6) is 0 Å². The quantitative estimate of drug-likeness (QED) is 0.708. The van der Waals surface area contributed by atoms with Gasteiger partial charge in [-0.25, -0.2) is 0 Å². The summed E-state index contributed by atoms with van der Waals surface area (Å²) in [6.07, 6.45) is 3.59. The van der Waals surface area contributed by atoms with Gasteiger partial charge < -0.3 is 14.3 Å². The van der Waals surface area contributed by atoms with Crippen molar-refractivity contribution < 1.29 is 9.32 Å². The van der Waals surface area contributed by atoms with E-state index in [0.717, 1.165) is 48.4 Å². The highest BCUT2D eigenvalue weighted by Gasteiger charge is 2.24. The number of para-hydroxylation sites is 1. The maximum Gasteiger partial charge on any atom is 0.228 e. The molecule has 5 rings (SSSR count). The minimum Gasteiger partial charge on any atom is -0.356 e. The Hall–Kier alpha value is -2.96. The second kappa shape index (κ2) is 6.64. The van der Waals surface area contributed by atoms with E-state index in [1.165, 1.54) is 12.0 Å². The Morgan fingerprint density at radius 1 is 1.07 bits per heavy atom. The van der Waals surface area contributed by atoms with Crippen molar-refractivity contribution >= 4 is 22.7 Å². The first-order chi connectivity index (χ1) is 13.3. The molecule has 0 unspecified atom stereocenters.